The Morgan fingerprint density at radius 1 is 0.960 bits per heavy atom. The molecule has 126 valence electrons. The van der Waals surface area contributed by atoms with Crippen molar-refractivity contribution in [3.05, 3.63) is 82.0 Å². The minimum Gasteiger partial charge on any atom is -0.325 e. The van der Waals surface area contributed by atoms with Crippen LogP contribution in [0, 0.1) is 6.92 Å². The highest BCUT2D eigenvalue weighted by Gasteiger charge is 2.14. The molecule has 2 aromatic carbocycles. The molecule has 0 radical (unpaired) electrons. The number of amides is 2. The maximum absolute atomic E-state index is 12.6. The van der Waals surface area contributed by atoms with Gasteiger partial charge >= 0.3 is 0 Å². The van der Waals surface area contributed by atoms with Gasteiger partial charge in [0, 0.05) is 10.6 Å². The molecule has 0 bridgehead atoms. The minimum absolute atomic E-state index is 0.141. The predicted octanol–water partition coefficient (Wildman–Crippen LogP) is 4.49. The standard InChI is InChI=1S/C20H18N2O2S/c1-14-6-4-7-15(12-14)21-20(24)17-9-2-3-10-18(17)22-19(23)13-16-8-5-11-25-16/h2-12H,13H2,1H3,(H,21,24)(H,22,23). The van der Waals surface area contributed by atoms with Gasteiger partial charge in [0.2, 0.25) is 5.91 Å². The van der Waals surface area contributed by atoms with Gasteiger partial charge in [-0.15, -0.1) is 11.3 Å². The molecule has 3 aromatic rings. The van der Waals surface area contributed by atoms with Gasteiger partial charge in [-0.1, -0.05) is 30.3 Å². The van der Waals surface area contributed by atoms with Crippen LogP contribution in [0.1, 0.15) is 20.8 Å². The fourth-order valence-electron chi connectivity index (χ4n) is 2.48. The Morgan fingerprint density at radius 2 is 1.80 bits per heavy atom. The molecule has 0 saturated heterocycles. The fourth-order valence-corrected chi connectivity index (χ4v) is 3.18. The normalized spacial score (nSPS) is 10.3. The summed E-state index contributed by atoms with van der Waals surface area (Å²) in [5.74, 6) is -0.393. The lowest BCUT2D eigenvalue weighted by molar-refractivity contribution is -0.115. The largest absolute Gasteiger partial charge is 0.325 e. The van der Waals surface area contributed by atoms with E-state index in [9.17, 15) is 9.59 Å². The van der Waals surface area contributed by atoms with Crippen LogP contribution in [0.15, 0.2) is 66.0 Å². The highest BCUT2D eigenvalue weighted by molar-refractivity contribution is 7.10. The van der Waals surface area contributed by atoms with E-state index in [1.807, 2.05) is 48.7 Å². The Bertz CT molecular complexity index is 888. The quantitative estimate of drug-likeness (QED) is 0.712. The number of hydrogen-bond acceptors (Lipinski definition) is 3. The predicted molar refractivity (Wildman–Crippen MR) is 102 cm³/mol. The Kier molecular flexibility index (Phi) is 5.26. The second-order valence-corrected chi connectivity index (χ2v) is 6.71. The van der Waals surface area contributed by atoms with Crippen molar-refractivity contribution in [1.29, 1.82) is 0 Å². The van der Waals surface area contributed by atoms with Gasteiger partial charge in [-0.3, -0.25) is 9.59 Å². The van der Waals surface area contributed by atoms with E-state index in [1.165, 1.54) is 11.3 Å². The minimum atomic E-state index is -0.252. The molecular formula is C20H18N2O2S. The highest BCUT2D eigenvalue weighted by atomic mass is 32.1. The van der Waals surface area contributed by atoms with E-state index in [2.05, 4.69) is 10.6 Å². The van der Waals surface area contributed by atoms with Gasteiger partial charge in [0.25, 0.3) is 5.91 Å². The van der Waals surface area contributed by atoms with E-state index in [1.54, 1.807) is 24.3 Å². The van der Waals surface area contributed by atoms with Crippen LogP contribution in [0.3, 0.4) is 0 Å². The molecule has 25 heavy (non-hydrogen) atoms. The Hall–Kier alpha value is -2.92. The van der Waals surface area contributed by atoms with Crippen LogP contribution in [-0.4, -0.2) is 11.8 Å². The molecule has 0 aliphatic heterocycles. The summed E-state index contributed by atoms with van der Waals surface area (Å²) in [5, 5.41) is 7.64. The number of thiophene rings is 1. The molecule has 2 N–H and O–H groups in total. The van der Waals surface area contributed by atoms with Crippen LogP contribution in [0.4, 0.5) is 11.4 Å². The van der Waals surface area contributed by atoms with E-state index in [4.69, 9.17) is 0 Å². The molecule has 0 spiro atoms. The van der Waals surface area contributed by atoms with Crippen LogP contribution in [0.2, 0.25) is 0 Å². The van der Waals surface area contributed by atoms with Crippen LogP contribution in [0.25, 0.3) is 0 Å². The first-order chi connectivity index (χ1) is 12.1. The monoisotopic (exact) mass is 350 g/mol. The average molecular weight is 350 g/mol. The van der Waals surface area contributed by atoms with E-state index < -0.39 is 0 Å². The molecular weight excluding hydrogens is 332 g/mol. The smallest absolute Gasteiger partial charge is 0.257 e. The van der Waals surface area contributed by atoms with Crippen molar-refractivity contribution in [3.8, 4) is 0 Å². The van der Waals surface area contributed by atoms with Crippen molar-refractivity contribution in [1.82, 2.24) is 0 Å². The molecule has 1 aromatic heterocycles. The maximum Gasteiger partial charge on any atom is 0.257 e. The van der Waals surface area contributed by atoms with Crippen molar-refractivity contribution in [3.63, 3.8) is 0 Å². The van der Waals surface area contributed by atoms with E-state index >= 15 is 0 Å². The third kappa shape index (κ3) is 4.55. The molecule has 0 atom stereocenters. The SMILES string of the molecule is Cc1cccc(NC(=O)c2ccccc2NC(=O)Cc2cccs2)c1. The summed E-state index contributed by atoms with van der Waals surface area (Å²) in [6, 6.07) is 18.4. The number of carbonyl (C=O) groups is 2. The molecule has 0 aliphatic carbocycles. The van der Waals surface area contributed by atoms with Crippen molar-refractivity contribution in [2.75, 3.05) is 10.6 Å². The van der Waals surface area contributed by atoms with Gasteiger partial charge in [-0.05, 0) is 48.2 Å². The number of nitrogens with one attached hydrogen (secondary N) is 2. The maximum atomic E-state index is 12.6. The number of benzene rings is 2. The van der Waals surface area contributed by atoms with Crippen LogP contribution in [-0.2, 0) is 11.2 Å². The molecule has 4 nitrogen and oxygen atoms in total. The van der Waals surface area contributed by atoms with E-state index in [-0.39, 0.29) is 11.8 Å². The molecule has 2 amide bonds. The summed E-state index contributed by atoms with van der Waals surface area (Å²) < 4.78 is 0. The van der Waals surface area contributed by atoms with E-state index in [0.717, 1.165) is 16.1 Å². The van der Waals surface area contributed by atoms with Crippen molar-refractivity contribution in [2.24, 2.45) is 0 Å². The molecule has 1 heterocycles. The van der Waals surface area contributed by atoms with Crippen molar-refractivity contribution in [2.45, 2.75) is 13.3 Å². The zero-order chi connectivity index (χ0) is 17.6. The third-order valence-corrected chi connectivity index (χ3v) is 4.51. The van der Waals surface area contributed by atoms with Gasteiger partial charge in [-0.25, -0.2) is 0 Å². The molecule has 0 unspecified atom stereocenters. The third-order valence-electron chi connectivity index (χ3n) is 3.64. The van der Waals surface area contributed by atoms with E-state index in [0.29, 0.717) is 17.7 Å². The lowest BCUT2D eigenvalue weighted by Crippen LogP contribution is -2.19. The zero-order valence-corrected chi connectivity index (χ0v) is 14.6. The first kappa shape index (κ1) is 16.9. The number of rotatable bonds is 5. The highest BCUT2D eigenvalue weighted by Crippen LogP contribution is 2.19. The van der Waals surface area contributed by atoms with Crippen molar-refractivity contribution >= 4 is 34.5 Å². The molecule has 0 aliphatic rings. The summed E-state index contributed by atoms with van der Waals surface area (Å²) in [6.07, 6.45) is 0.297. The Morgan fingerprint density at radius 3 is 2.56 bits per heavy atom. The van der Waals surface area contributed by atoms with Crippen LogP contribution >= 0.6 is 11.3 Å². The van der Waals surface area contributed by atoms with Crippen molar-refractivity contribution < 1.29 is 9.59 Å². The van der Waals surface area contributed by atoms with Gasteiger partial charge in [0.05, 0.1) is 17.7 Å². The second kappa shape index (κ2) is 7.77. The van der Waals surface area contributed by atoms with Gasteiger partial charge < -0.3 is 10.6 Å². The van der Waals surface area contributed by atoms with Gasteiger partial charge in [-0.2, -0.15) is 0 Å². The fraction of sp³-hybridized carbons (Fsp3) is 0.100. The molecule has 0 saturated carbocycles. The average Bonchev–Trinajstić information content (AvgIpc) is 3.08. The first-order valence-electron chi connectivity index (χ1n) is 7.91. The van der Waals surface area contributed by atoms with Crippen LogP contribution in [0.5, 0.6) is 0 Å². The number of para-hydroxylation sites is 1. The summed E-state index contributed by atoms with van der Waals surface area (Å²) in [4.78, 5) is 25.8. The van der Waals surface area contributed by atoms with Crippen LogP contribution < -0.4 is 10.6 Å². The Labute approximate surface area is 150 Å². The number of hydrogen-bond donors (Lipinski definition) is 2. The van der Waals surface area contributed by atoms with Gasteiger partial charge in [0.1, 0.15) is 0 Å². The summed E-state index contributed by atoms with van der Waals surface area (Å²) in [5.41, 5.74) is 2.73. The van der Waals surface area contributed by atoms with Gasteiger partial charge in [0.15, 0.2) is 0 Å². The molecule has 5 heteroatoms. The summed E-state index contributed by atoms with van der Waals surface area (Å²) in [7, 11) is 0. The molecule has 0 fully saturated rings. The number of anilines is 2. The summed E-state index contributed by atoms with van der Waals surface area (Å²) >= 11 is 1.54. The zero-order valence-electron chi connectivity index (χ0n) is 13.8. The lowest BCUT2D eigenvalue weighted by Gasteiger charge is -2.11. The topological polar surface area (TPSA) is 58.2 Å². The number of aryl methyl sites for hydroxylation is 1. The second-order valence-electron chi connectivity index (χ2n) is 5.67. The number of carbonyl (C=O) groups excluding carboxylic acids is 2. The summed E-state index contributed by atoms with van der Waals surface area (Å²) in [6.45, 7) is 1.97. The first-order valence-corrected chi connectivity index (χ1v) is 8.79. The Balaban J connectivity index is 1.73. The lowest BCUT2D eigenvalue weighted by atomic mass is 10.1. The molecule has 3 rings (SSSR count).